The molecular weight excluding hydrogens is 224 g/mol. The van der Waals surface area contributed by atoms with Crippen molar-refractivity contribution in [3.63, 3.8) is 0 Å². The molecule has 5 nitrogen and oxygen atoms in total. The van der Waals surface area contributed by atoms with Crippen LogP contribution in [-0.2, 0) is 16.6 Å². The lowest BCUT2D eigenvalue weighted by Gasteiger charge is -2.03. The molecule has 1 rings (SSSR count). The van der Waals surface area contributed by atoms with E-state index >= 15 is 0 Å². The summed E-state index contributed by atoms with van der Waals surface area (Å²) in [5, 5.41) is 10.3. The summed E-state index contributed by atoms with van der Waals surface area (Å²) in [4.78, 5) is 3.94. The highest BCUT2D eigenvalue weighted by Crippen LogP contribution is 2.01. The topological polar surface area (TPSA) is 79.3 Å². The number of hydrogen-bond donors (Lipinski definition) is 2. The first kappa shape index (κ1) is 11.6. The van der Waals surface area contributed by atoms with Gasteiger partial charge < -0.3 is 5.11 Å². The van der Waals surface area contributed by atoms with E-state index in [0.29, 0.717) is 5.69 Å². The average molecular weight is 236 g/mol. The molecule has 0 aromatic carbocycles. The molecule has 0 aliphatic rings. The third-order valence-electron chi connectivity index (χ3n) is 1.53. The molecule has 0 radical (unpaired) electrons. The molecule has 0 atom stereocenters. The van der Waals surface area contributed by atoms with Gasteiger partial charge >= 0.3 is 0 Å². The number of thiazole rings is 1. The second-order valence-electron chi connectivity index (χ2n) is 2.70. The maximum absolute atomic E-state index is 11.2. The quantitative estimate of drug-likeness (QED) is 0.725. The second-order valence-corrected chi connectivity index (χ2v) is 5.34. The van der Waals surface area contributed by atoms with Crippen molar-refractivity contribution < 1.29 is 13.5 Å². The van der Waals surface area contributed by atoms with E-state index in [1.165, 1.54) is 11.3 Å². The number of aliphatic hydroxyl groups is 1. The van der Waals surface area contributed by atoms with Crippen molar-refractivity contribution in [2.75, 3.05) is 12.4 Å². The summed E-state index contributed by atoms with van der Waals surface area (Å²) >= 11 is 1.42. The fourth-order valence-corrected chi connectivity index (χ4v) is 2.42. The van der Waals surface area contributed by atoms with Gasteiger partial charge in [0.1, 0.15) is 0 Å². The van der Waals surface area contributed by atoms with E-state index in [2.05, 4.69) is 9.71 Å². The van der Waals surface area contributed by atoms with Crippen molar-refractivity contribution in [2.24, 2.45) is 0 Å². The first-order valence-electron chi connectivity index (χ1n) is 4.09. The molecule has 1 aromatic heterocycles. The first-order chi connectivity index (χ1) is 6.64. The van der Waals surface area contributed by atoms with Gasteiger partial charge in [-0.3, -0.25) is 0 Å². The van der Waals surface area contributed by atoms with Crippen molar-refractivity contribution in [1.82, 2.24) is 9.71 Å². The smallest absolute Gasteiger partial charge is 0.212 e. The normalized spacial score (nSPS) is 11.8. The Bertz CT molecular complexity index is 347. The number of hydrogen-bond acceptors (Lipinski definition) is 5. The van der Waals surface area contributed by atoms with E-state index in [9.17, 15) is 8.42 Å². The molecule has 0 bridgehead atoms. The standard InChI is InChI=1S/C7H12N2O3S2/c10-2-1-3-14(11,12)9-4-7-5-13-6-8-7/h5-6,9-10H,1-4H2. The van der Waals surface area contributed by atoms with Crippen LogP contribution in [0.3, 0.4) is 0 Å². The van der Waals surface area contributed by atoms with E-state index < -0.39 is 10.0 Å². The zero-order valence-corrected chi connectivity index (χ0v) is 9.14. The summed E-state index contributed by atoms with van der Waals surface area (Å²) in [7, 11) is -3.27. The minimum Gasteiger partial charge on any atom is -0.396 e. The maximum atomic E-state index is 11.2. The van der Waals surface area contributed by atoms with Gasteiger partial charge in [-0.15, -0.1) is 11.3 Å². The minimum absolute atomic E-state index is 0.0480. The summed E-state index contributed by atoms with van der Waals surface area (Å²) in [5.41, 5.74) is 2.36. The zero-order valence-electron chi connectivity index (χ0n) is 7.51. The minimum atomic E-state index is -3.27. The Labute approximate surface area is 86.9 Å². The summed E-state index contributed by atoms with van der Waals surface area (Å²) in [6, 6.07) is 0. The number of rotatable bonds is 6. The molecule has 7 heteroatoms. The Hall–Kier alpha value is -0.500. The number of aliphatic hydroxyl groups excluding tert-OH is 1. The Morgan fingerprint density at radius 3 is 2.93 bits per heavy atom. The van der Waals surface area contributed by atoms with Crippen LogP contribution >= 0.6 is 11.3 Å². The van der Waals surface area contributed by atoms with Crippen LogP contribution in [0.1, 0.15) is 12.1 Å². The molecule has 0 unspecified atom stereocenters. The summed E-state index contributed by atoms with van der Waals surface area (Å²) in [5.74, 6) is -0.0480. The molecule has 1 aromatic rings. The van der Waals surface area contributed by atoms with Crippen LogP contribution in [-0.4, -0.2) is 30.9 Å². The lowest BCUT2D eigenvalue weighted by Crippen LogP contribution is -2.26. The number of nitrogens with one attached hydrogen (secondary N) is 1. The van der Waals surface area contributed by atoms with Crippen molar-refractivity contribution in [2.45, 2.75) is 13.0 Å². The molecule has 0 saturated carbocycles. The molecular formula is C7H12N2O3S2. The van der Waals surface area contributed by atoms with Gasteiger partial charge in [0.15, 0.2) is 0 Å². The van der Waals surface area contributed by atoms with Gasteiger partial charge in [-0.2, -0.15) is 0 Å². The molecule has 0 fully saturated rings. The Morgan fingerprint density at radius 1 is 1.57 bits per heavy atom. The third kappa shape index (κ3) is 4.14. The molecule has 0 aliphatic carbocycles. The number of sulfonamides is 1. The average Bonchev–Trinajstić information content (AvgIpc) is 2.64. The monoisotopic (exact) mass is 236 g/mol. The van der Waals surface area contributed by atoms with Crippen LogP contribution in [0.15, 0.2) is 10.9 Å². The van der Waals surface area contributed by atoms with Crippen LogP contribution in [0.2, 0.25) is 0 Å². The Kier molecular flexibility index (Phi) is 4.46. The fourth-order valence-electron chi connectivity index (χ4n) is 0.835. The molecule has 0 amide bonds. The second kappa shape index (κ2) is 5.40. The Balaban J connectivity index is 2.37. The third-order valence-corrected chi connectivity index (χ3v) is 3.57. The van der Waals surface area contributed by atoms with Gasteiger partial charge in [0.25, 0.3) is 0 Å². The molecule has 14 heavy (non-hydrogen) atoms. The van der Waals surface area contributed by atoms with Gasteiger partial charge in [-0.25, -0.2) is 18.1 Å². The number of aromatic nitrogens is 1. The van der Waals surface area contributed by atoms with Crippen molar-refractivity contribution in [1.29, 1.82) is 0 Å². The molecule has 2 N–H and O–H groups in total. The maximum Gasteiger partial charge on any atom is 0.212 e. The predicted octanol–water partition coefficient (Wildman–Crippen LogP) is -0.0551. The van der Waals surface area contributed by atoms with Crippen molar-refractivity contribution in [3.8, 4) is 0 Å². The SMILES string of the molecule is O=S(=O)(CCCO)NCc1cscn1. The highest BCUT2D eigenvalue weighted by Gasteiger charge is 2.09. The molecule has 1 heterocycles. The van der Waals surface area contributed by atoms with Crippen LogP contribution < -0.4 is 4.72 Å². The van der Waals surface area contributed by atoms with Crippen LogP contribution in [0, 0.1) is 0 Å². The molecule has 80 valence electrons. The van der Waals surface area contributed by atoms with Crippen LogP contribution in [0.4, 0.5) is 0 Å². The first-order valence-corrected chi connectivity index (χ1v) is 6.69. The lowest BCUT2D eigenvalue weighted by molar-refractivity contribution is 0.295. The van der Waals surface area contributed by atoms with Crippen LogP contribution in [0.5, 0.6) is 0 Å². The van der Waals surface area contributed by atoms with E-state index in [1.54, 1.807) is 10.9 Å². The summed E-state index contributed by atoms with van der Waals surface area (Å²) in [6.45, 7) is 0.106. The van der Waals surface area contributed by atoms with E-state index in [0.717, 1.165) is 0 Å². The molecule has 0 spiro atoms. The van der Waals surface area contributed by atoms with Gasteiger partial charge in [-0.05, 0) is 6.42 Å². The van der Waals surface area contributed by atoms with Crippen molar-refractivity contribution >= 4 is 21.4 Å². The van der Waals surface area contributed by atoms with Gasteiger partial charge in [0.2, 0.25) is 10.0 Å². The number of nitrogens with zero attached hydrogens (tertiary/aromatic N) is 1. The highest BCUT2D eigenvalue weighted by atomic mass is 32.2. The molecule has 0 aliphatic heterocycles. The van der Waals surface area contributed by atoms with Gasteiger partial charge in [-0.1, -0.05) is 0 Å². The Morgan fingerprint density at radius 2 is 2.36 bits per heavy atom. The summed E-state index contributed by atoms with van der Waals surface area (Å²) in [6.07, 6.45) is 0.256. The van der Waals surface area contributed by atoms with Crippen LogP contribution in [0.25, 0.3) is 0 Å². The van der Waals surface area contributed by atoms with E-state index in [1.807, 2.05) is 0 Å². The van der Waals surface area contributed by atoms with E-state index in [4.69, 9.17) is 5.11 Å². The van der Waals surface area contributed by atoms with Crippen molar-refractivity contribution in [3.05, 3.63) is 16.6 Å². The predicted molar refractivity (Wildman–Crippen MR) is 54.4 cm³/mol. The lowest BCUT2D eigenvalue weighted by atomic mass is 10.5. The zero-order chi connectivity index (χ0) is 10.4. The summed E-state index contributed by atoms with van der Waals surface area (Å²) < 4.78 is 24.9. The van der Waals surface area contributed by atoms with E-state index in [-0.39, 0.29) is 25.3 Å². The van der Waals surface area contributed by atoms with Gasteiger partial charge in [0, 0.05) is 12.0 Å². The highest BCUT2D eigenvalue weighted by molar-refractivity contribution is 7.89. The fraction of sp³-hybridized carbons (Fsp3) is 0.571. The largest absolute Gasteiger partial charge is 0.396 e. The van der Waals surface area contributed by atoms with Gasteiger partial charge in [0.05, 0.1) is 23.5 Å². The molecule has 0 saturated heterocycles.